The largest absolute Gasteiger partial charge is 0.374 e. The van der Waals surface area contributed by atoms with Crippen LogP contribution in [0.15, 0.2) is 48.5 Å². The molecule has 1 aliphatic heterocycles. The van der Waals surface area contributed by atoms with Crippen LogP contribution in [-0.2, 0) is 9.59 Å². The number of para-hydroxylation sites is 2. The van der Waals surface area contributed by atoms with Gasteiger partial charge in [0.15, 0.2) is 0 Å². The number of amides is 3. The molecule has 7 heteroatoms. The molecule has 1 aliphatic carbocycles. The van der Waals surface area contributed by atoms with E-state index in [1.54, 1.807) is 29.2 Å². The summed E-state index contributed by atoms with van der Waals surface area (Å²) in [5.74, 6) is -0.247. The Kier molecular flexibility index (Phi) is 5.46. The summed E-state index contributed by atoms with van der Waals surface area (Å²) in [6, 6.07) is 14.7. The highest BCUT2D eigenvalue weighted by molar-refractivity contribution is 6.00. The molecule has 0 aromatic heterocycles. The number of benzene rings is 2. The summed E-state index contributed by atoms with van der Waals surface area (Å²) in [5.41, 5.74) is 2.64. The van der Waals surface area contributed by atoms with Crippen LogP contribution in [0.2, 0.25) is 0 Å². The quantitative estimate of drug-likeness (QED) is 0.676. The molecule has 150 valence electrons. The molecule has 0 atom stereocenters. The van der Waals surface area contributed by atoms with Crippen molar-refractivity contribution in [2.24, 2.45) is 0 Å². The van der Waals surface area contributed by atoms with E-state index in [1.165, 1.54) is 0 Å². The Hall–Kier alpha value is -3.35. The Morgan fingerprint density at radius 1 is 1.07 bits per heavy atom. The molecule has 0 unspecified atom stereocenters. The first kappa shape index (κ1) is 19.0. The van der Waals surface area contributed by atoms with Crippen molar-refractivity contribution in [2.45, 2.75) is 31.7 Å². The molecule has 0 bridgehead atoms. The minimum Gasteiger partial charge on any atom is -0.374 e. The third-order valence-corrected chi connectivity index (χ3v) is 5.03. The van der Waals surface area contributed by atoms with Crippen LogP contribution in [0.4, 0.5) is 17.1 Å². The lowest BCUT2D eigenvalue weighted by atomic mass is 10.2. The van der Waals surface area contributed by atoms with Crippen LogP contribution in [0, 0.1) is 0 Å². The first-order valence-corrected chi connectivity index (χ1v) is 9.94. The van der Waals surface area contributed by atoms with E-state index >= 15 is 0 Å². The fourth-order valence-corrected chi connectivity index (χ4v) is 3.38. The second-order valence-electron chi connectivity index (χ2n) is 7.40. The van der Waals surface area contributed by atoms with Gasteiger partial charge in [0, 0.05) is 30.3 Å². The number of carbonyl (C=O) groups is 3. The van der Waals surface area contributed by atoms with Crippen molar-refractivity contribution in [1.29, 1.82) is 0 Å². The maximum atomic E-state index is 12.4. The predicted molar refractivity (Wildman–Crippen MR) is 112 cm³/mol. The maximum Gasteiger partial charge on any atom is 0.251 e. The lowest BCUT2D eigenvalue weighted by molar-refractivity contribution is -0.117. The molecular formula is C22H24N4O3. The minimum atomic E-state index is -0.229. The van der Waals surface area contributed by atoms with Crippen LogP contribution >= 0.6 is 0 Å². The van der Waals surface area contributed by atoms with Crippen LogP contribution in [0.25, 0.3) is 0 Å². The molecule has 4 rings (SSSR count). The molecule has 1 heterocycles. The number of nitrogens with one attached hydrogen (secondary N) is 3. The van der Waals surface area contributed by atoms with Crippen molar-refractivity contribution in [1.82, 2.24) is 5.32 Å². The summed E-state index contributed by atoms with van der Waals surface area (Å²) in [6.07, 6.45) is 3.45. The van der Waals surface area contributed by atoms with Crippen LogP contribution in [0.1, 0.15) is 36.0 Å². The number of hydrogen-bond acceptors (Lipinski definition) is 4. The number of carbonyl (C=O) groups excluding carboxylic acids is 3. The zero-order chi connectivity index (χ0) is 20.2. The molecule has 2 fully saturated rings. The standard InChI is InChI=1S/C22H24N4O3/c27-20(24-17-6-3-5-15(13-17)22(29)25-16-10-11-16)14-23-18-7-1-2-8-19(18)26-12-4-9-21(26)28/h1-3,5-8,13,16,23H,4,9-12,14H2,(H,24,27)(H,25,29). The van der Waals surface area contributed by atoms with Gasteiger partial charge >= 0.3 is 0 Å². The van der Waals surface area contributed by atoms with Gasteiger partial charge < -0.3 is 20.9 Å². The highest BCUT2D eigenvalue weighted by atomic mass is 16.2. The molecule has 3 amide bonds. The van der Waals surface area contributed by atoms with Crippen molar-refractivity contribution in [3.8, 4) is 0 Å². The fourth-order valence-electron chi connectivity index (χ4n) is 3.38. The van der Waals surface area contributed by atoms with Gasteiger partial charge in [0.25, 0.3) is 5.91 Å². The van der Waals surface area contributed by atoms with Crippen LogP contribution in [-0.4, -0.2) is 36.9 Å². The third-order valence-electron chi connectivity index (χ3n) is 5.03. The van der Waals surface area contributed by atoms with E-state index in [4.69, 9.17) is 0 Å². The highest BCUT2D eigenvalue weighted by Gasteiger charge is 2.24. The van der Waals surface area contributed by atoms with E-state index < -0.39 is 0 Å². The average molecular weight is 392 g/mol. The number of rotatable bonds is 7. The van der Waals surface area contributed by atoms with E-state index in [0.29, 0.717) is 24.2 Å². The van der Waals surface area contributed by atoms with Crippen molar-refractivity contribution >= 4 is 34.8 Å². The zero-order valence-electron chi connectivity index (χ0n) is 16.1. The van der Waals surface area contributed by atoms with Gasteiger partial charge in [0.2, 0.25) is 11.8 Å². The first-order chi connectivity index (χ1) is 14.1. The Morgan fingerprint density at radius 2 is 1.90 bits per heavy atom. The lowest BCUT2D eigenvalue weighted by Crippen LogP contribution is -2.27. The Labute approximate surface area is 169 Å². The van der Waals surface area contributed by atoms with Crippen LogP contribution in [0.5, 0.6) is 0 Å². The van der Waals surface area contributed by atoms with E-state index in [2.05, 4.69) is 16.0 Å². The summed E-state index contributed by atoms with van der Waals surface area (Å²) in [7, 11) is 0. The average Bonchev–Trinajstić information content (AvgIpc) is 3.44. The molecule has 0 spiro atoms. The molecule has 2 aromatic rings. The summed E-state index contributed by atoms with van der Waals surface area (Å²) < 4.78 is 0. The van der Waals surface area contributed by atoms with Gasteiger partial charge in [-0.05, 0) is 49.6 Å². The highest BCUT2D eigenvalue weighted by Crippen LogP contribution is 2.29. The molecular weight excluding hydrogens is 368 g/mol. The summed E-state index contributed by atoms with van der Waals surface area (Å²) in [5, 5.41) is 8.87. The van der Waals surface area contributed by atoms with Gasteiger partial charge in [-0.15, -0.1) is 0 Å². The normalized spacial score (nSPS) is 15.9. The van der Waals surface area contributed by atoms with Gasteiger partial charge in [-0.3, -0.25) is 14.4 Å². The second-order valence-corrected chi connectivity index (χ2v) is 7.40. The van der Waals surface area contributed by atoms with Crippen LogP contribution < -0.4 is 20.9 Å². The van der Waals surface area contributed by atoms with Crippen LogP contribution in [0.3, 0.4) is 0 Å². The maximum absolute atomic E-state index is 12.4. The van der Waals surface area contributed by atoms with Gasteiger partial charge in [0.05, 0.1) is 17.9 Å². The monoisotopic (exact) mass is 392 g/mol. The van der Waals surface area contributed by atoms with Crippen molar-refractivity contribution in [2.75, 3.05) is 28.6 Å². The van der Waals surface area contributed by atoms with Crippen molar-refractivity contribution < 1.29 is 14.4 Å². The molecule has 29 heavy (non-hydrogen) atoms. The Balaban J connectivity index is 1.36. The smallest absolute Gasteiger partial charge is 0.251 e. The Morgan fingerprint density at radius 3 is 2.66 bits per heavy atom. The predicted octanol–water partition coefficient (Wildman–Crippen LogP) is 2.76. The third kappa shape index (κ3) is 4.74. The molecule has 1 saturated heterocycles. The molecule has 7 nitrogen and oxygen atoms in total. The second kappa shape index (κ2) is 8.34. The number of hydrogen-bond donors (Lipinski definition) is 3. The van der Waals surface area contributed by atoms with Gasteiger partial charge in [-0.1, -0.05) is 18.2 Å². The van der Waals surface area contributed by atoms with Gasteiger partial charge in [-0.25, -0.2) is 0 Å². The van der Waals surface area contributed by atoms with E-state index in [9.17, 15) is 14.4 Å². The van der Waals surface area contributed by atoms with Gasteiger partial charge in [0.1, 0.15) is 0 Å². The molecule has 3 N–H and O–H groups in total. The van der Waals surface area contributed by atoms with Crippen molar-refractivity contribution in [3.63, 3.8) is 0 Å². The molecule has 1 saturated carbocycles. The Bertz CT molecular complexity index is 939. The molecule has 0 radical (unpaired) electrons. The number of nitrogens with zero attached hydrogens (tertiary/aromatic N) is 1. The SMILES string of the molecule is O=C(CNc1ccccc1N1CCCC1=O)Nc1cccc(C(=O)NC2CC2)c1. The summed E-state index contributed by atoms with van der Waals surface area (Å²) in [6.45, 7) is 0.747. The minimum absolute atomic E-state index is 0.0531. The van der Waals surface area contributed by atoms with Gasteiger partial charge in [-0.2, -0.15) is 0 Å². The molecule has 2 aliphatic rings. The van der Waals surface area contributed by atoms with E-state index in [1.807, 2.05) is 24.3 Å². The van der Waals surface area contributed by atoms with Crippen molar-refractivity contribution in [3.05, 3.63) is 54.1 Å². The first-order valence-electron chi connectivity index (χ1n) is 9.94. The van der Waals surface area contributed by atoms with E-state index in [0.717, 1.165) is 30.6 Å². The number of anilines is 3. The molecule has 2 aromatic carbocycles. The summed E-state index contributed by atoms with van der Waals surface area (Å²) in [4.78, 5) is 38.4. The fraction of sp³-hybridized carbons (Fsp3) is 0.318. The lowest BCUT2D eigenvalue weighted by Gasteiger charge is -2.20. The topological polar surface area (TPSA) is 90.5 Å². The summed E-state index contributed by atoms with van der Waals surface area (Å²) >= 11 is 0. The van der Waals surface area contributed by atoms with E-state index in [-0.39, 0.29) is 30.3 Å². The zero-order valence-corrected chi connectivity index (χ0v) is 16.1.